The van der Waals surface area contributed by atoms with E-state index in [1.54, 1.807) is 31.4 Å². The molecule has 0 saturated heterocycles. The smallest absolute Gasteiger partial charge is 0.411 e. The lowest BCUT2D eigenvalue weighted by molar-refractivity contribution is -0.152. The van der Waals surface area contributed by atoms with Gasteiger partial charge in [-0.15, -0.1) is 0 Å². The van der Waals surface area contributed by atoms with Crippen LogP contribution in [0.15, 0.2) is 83.3 Å². The second-order valence-electron chi connectivity index (χ2n) is 11.3. The number of esters is 1. The van der Waals surface area contributed by atoms with E-state index in [9.17, 15) is 18.8 Å². The predicted octanol–water partition coefficient (Wildman–Crippen LogP) is 6.47. The van der Waals surface area contributed by atoms with E-state index in [2.05, 4.69) is 20.9 Å². The number of rotatable bonds is 7. The third-order valence-electron chi connectivity index (χ3n) is 6.92. The molecule has 0 saturated carbocycles. The Morgan fingerprint density at radius 3 is 2.26 bits per heavy atom. The average Bonchev–Trinajstić information content (AvgIpc) is 3.32. The Morgan fingerprint density at radius 2 is 1.63 bits per heavy atom. The molecule has 3 aromatic carbocycles. The van der Waals surface area contributed by atoms with Crippen LogP contribution in [0.1, 0.15) is 59.5 Å². The van der Waals surface area contributed by atoms with Gasteiger partial charge in [-0.2, -0.15) is 0 Å². The second-order valence-corrected chi connectivity index (χ2v) is 12.2. The number of carbonyl (C=O) groups is 3. The largest absolute Gasteiger partial charge is 0.459 e. The number of ether oxygens (including phenoxy) is 2. The van der Waals surface area contributed by atoms with E-state index in [1.165, 1.54) is 17.0 Å². The molecule has 43 heavy (non-hydrogen) atoms. The first kappa shape index (κ1) is 30.2. The molecule has 0 fully saturated rings. The van der Waals surface area contributed by atoms with Crippen molar-refractivity contribution in [2.24, 2.45) is 0 Å². The highest BCUT2D eigenvalue weighted by Crippen LogP contribution is 2.29. The van der Waals surface area contributed by atoms with Crippen molar-refractivity contribution >= 4 is 33.8 Å². The first-order chi connectivity index (χ1) is 20.5. The van der Waals surface area contributed by atoms with E-state index in [1.807, 2.05) is 60.7 Å². The van der Waals surface area contributed by atoms with Crippen LogP contribution < -0.4 is 0 Å². The Morgan fingerprint density at radius 1 is 0.977 bits per heavy atom. The van der Waals surface area contributed by atoms with Gasteiger partial charge >= 0.3 is 12.1 Å². The summed E-state index contributed by atoms with van der Waals surface area (Å²) in [5.74, 6) is -1.91. The lowest BCUT2D eigenvalue weighted by atomic mass is 10.0. The monoisotopic (exact) mass is 647 g/mol. The van der Waals surface area contributed by atoms with Crippen molar-refractivity contribution in [1.82, 2.24) is 14.5 Å². The molecule has 1 aliphatic rings. The minimum atomic E-state index is -1.04. The summed E-state index contributed by atoms with van der Waals surface area (Å²) < 4.78 is 28.4. The maximum absolute atomic E-state index is 14.9. The average molecular weight is 649 g/mol. The highest BCUT2D eigenvalue weighted by molar-refractivity contribution is 9.10. The summed E-state index contributed by atoms with van der Waals surface area (Å²) >= 11 is 3.23. The molecule has 0 bridgehead atoms. The molecule has 1 atom stereocenters. The van der Waals surface area contributed by atoms with Crippen molar-refractivity contribution in [1.29, 1.82) is 0 Å². The van der Waals surface area contributed by atoms with Crippen LogP contribution in [0.3, 0.4) is 0 Å². The van der Waals surface area contributed by atoms with E-state index in [0.717, 1.165) is 11.1 Å². The number of benzene rings is 3. The predicted molar refractivity (Wildman–Crippen MR) is 161 cm³/mol. The van der Waals surface area contributed by atoms with Gasteiger partial charge in [-0.05, 0) is 50.1 Å². The van der Waals surface area contributed by atoms with E-state index >= 15 is 0 Å². The minimum absolute atomic E-state index is 0.00686. The topological polar surface area (TPSA) is 90.7 Å². The molecule has 222 valence electrons. The molecule has 5 rings (SSSR count). The van der Waals surface area contributed by atoms with E-state index in [-0.39, 0.29) is 37.5 Å². The van der Waals surface area contributed by atoms with Crippen LogP contribution in [0.5, 0.6) is 0 Å². The number of fused-ring (bicyclic) bond motifs is 1. The molecule has 1 aromatic heterocycles. The zero-order valence-electron chi connectivity index (χ0n) is 24.1. The minimum Gasteiger partial charge on any atom is -0.459 e. The third kappa shape index (κ3) is 7.02. The van der Waals surface area contributed by atoms with Crippen molar-refractivity contribution in [3.05, 3.63) is 123 Å². The first-order valence-electron chi connectivity index (χ1n) is 13.8. The van der Waals surface area contributed by atoms with Gasteiger partial charge in [0.25, 0.3) is 0 Å². The molecular formula is C33H31BrFN3O5. The van der Waals surface area contributed by atoms with Crippen LogP contribution in [0, 0.1) is 5.82 Å². The molecule has 1 amide bonds. The molecular weight excluding hydrogens is 617 g/mol. The van der Waals surface area contributed by atoms with Gasteiger partial charge in [0.2, 0.25) is 5.78 Å². The molecule has 1 aliphatic heterocycles. The number of carbonyl (C=O) groups excluding carboxylic acids is 3. The van der Waals surface area contributed by atoms with E-state index in [0.29, 0.717) is 15.9 Å². The van der Waals surface area contributed by atoms with Crippen LogP contribution >= 0.6 is 15.9 Å². The van der Waals surface area contributed by atoms with Gasteiger partial charge in [0.1, 0.15) is 24.1 Å². The third-order valence-corrected chi connectivity index (χ3v) is 7.42. The first-order valence-corrected chi connectivity index (χ1v) is 14.6. The zero-order chi connectivity index (χ0) is 30.7. The van der Waals surface area contributed by atoms with Gasteiger partial charge in [0.05, 0.1) is 23.5 Å². The van der Waals surface area contributed by atoms with Crippen molar-refractivity contribution in [2.75, 3.05) is 0 Å². The Hall–Kier alpha value is -4.31. The number of hydrogen-bond acceptors (Lipinski definition) is 6. The van der Waals surface area contributed by atoms with E-state index < -0.39 is 35.3 Å². The molecule has 0 N–H and O–H groups in total. The van der Waals surface area contributed by atoms with Gasteiger partial charge in [-0.3, -0.25) is 9.69 Å². The molecule has 8 nitrogen and oxygen atoms in total. The highest BCUT2D eigenvalue weighted by atomic mass is 79.9. The quantitative estimate of drug-likeness (QED) is 0.169. The van der Waals surface area contributed by atoms with Crippen LogP contribution in [-0.4, -0.2) is 43.9 Å². The Labute approximate surface area is 257 Å². The number of ketones is 1. The Bertz CT molecular complexity index is 1650. The van der Waals surface area contributed by atoms with Crippen LogP contribution in [0.4, 0.5) is 9.18 Å². The number of imidazole rings is 1. The molecule has 4 aromatic rings. The molecule has 1 unspecified atom stereocenters. The van der Waals surface area contributed by atoms with Crippen LogP contribution in [0.2, 0.25) is 0 Å². The molecule has 0 spiro atoms. The standard InChI is InChI=1S/C33H31BrFN3O5/c1-33(2,3)43-32(41)38-19-28-26(17-27(38)31(40)42-20-22-12-8-5-9-13-22)36-30(37(28)18-21-10-6-4-7-11-21)29(39)24-15-14-23(34)16-25(24)35/h4-16,27H,17-20H2,1-3H3. The van der Waals surface area contributed by atoms with Crippen LogP contribution in [0.25, 0.3) is 0 Å². The van der Waals surface area contributed by atoms with Crippen molar-refractivity contribution in [3.63, 3.8) is 0 Å². The number of halogens is 2. The van der Waals surface area contributed by atoms with E-state index in [4.69, 9.17) is 9.47 Å². The Kier molecular flexibility index (Phi) is 8.77. The summed E-state index contributed by atoms with van der Waals surface area (Å²) in [6, 6.07) is 21.8. The fourth-order valence-corrected chi connectivity index (χ4v) is 5.23. The van der Waals surface area contributed by atoms with Gasteiger partial charge in [-0.1, -0.05) is 76.6 Å². The summed E-state index contributed by atoms with van der Waals surface area (Å²) in [5, 5.41) is 0. The molecule has 2 heterocycles. The number of hydrogen-bond donors (Lipinski definition) is 0. The number of nitrogens with zero attached hydrogens (tertiary/aromatic N) is 3. The van der Waals surface area contributed by atoms with Crippen molar-refractivity contribution in [2.45, 2.75) is 58.5 Å². The molecule has 10 heteroatoms. The zero-order valence-corrected chi connectivity index (χ0v) is 25.6. The van der Waals surface area contributed by atoms with Gasteiger partial charge in [0.15, 0.2) is 5.82 Å². The maximum atomic E-state index is 14.9. The summed E-state index contributed by atoms with van der Waals surface area (Å²) in [7, 11) is 0. The molecule has 0 aliphatic carbocycles. The van der Waals surface area contributed by atoms with Crippen LogP contribution in [-0.2, 0) is 40.4 Å². The van der Waals surface area contributed by atoms with Crippen molar-refractivity contribution < 1.29 is 28.2 Å². The van der Waals surface area contributed by atoms with Gasteiger partial charge < -0.3 is 14.0 Å². The lowest BCUT2D eigenvalue weighted by Crippen LogP contribution is -2.51. The summed E-state index contributed by atoms with van der Waals surface area (Å²) in [5.41, 5.74) is 1.73. The molecule has 0 radical (unpaired) electrons. The Balaban J connectivity index is 1.55. The van der Waals surface area contributed by atoms with Gasteiger partial charge in [-0.25, -0.2) is 19.0 Å². The summed E-state index contributed by atoms with van der Waals surface area (Å²) in [6.07, 6.45) is -0.702. The summed E-state index contributed by atoms with van der Waals surface area (Å²) in [4.78, 5) is 46.6. The normalized spacial score (nSPS) is 14.6. The fourth-order valence-electron chi connectivity index (χ4n) is 4.89. The maximum Gasteiger partial charge on any atom is 0.411 e. The number of amides is 1. The highest BCUT2D eigenvalue weighted by Gasteiger charge is 2.41. The second kappa shape index (κ2) is 12.5. The SMILES string of the molecule is CC(C)(C)OC(=O)N1Cc2c(nc(C(=O)c3ccc(Br)cc3F)n2Cc2ccccc2)CC1C(=O)OCc1ccccc1. The van der Waals surface area contributed by atoms with Crippen molar-refractivity contribution in [3.8, 4) is 0 Å². The summed E-state index contributed by atoms with van der Waals surface area (Å²) in [6.45, 7) is 5.43. The number of aromatic nitrogens is 2. The lowest BCUT2D eigenvalue weighted by Gasteiger charge is -2.35. The van der Waals surface area contributed by atoms with Gasteiger partial charge in [0, 0.05) is 17.4 Å². The fraction of sp³-hybridized carbons (Fsp3) is 0.273.